The molecule has 0 aliphatic heterocycles. The number of rotatable bonds is 2. The summed E-state index contributed by atoms with van der Waals surface area (Å²) in [7, 11) is 0. The predicted octanol–water partition coefficient (Wildman–Crippen LogP) is 4.09. The van der Waals surface area contributed by atoms with Gasteiger partial charge in [0, 0.05) is 17.7 Å². The van der Waals surface area contributed by atoms with Crippen LogP contribution in [0.1, 0.15) is 17.3 Å². The van der Waals surface area contributed by atoms with E-state index in [1.807, 2.05) is 66.7 Å². The Morgan fingerprint density at radius 3 is 2.41 bits per heavy atom. The van der Waals surface area contributed by atoms with E-state index in [0.717, 1.165) is 16.2 Å². The van der Waals surface area contributed by atoms with E-state index in [-0.39, 0.29) is 11.1 Å². The van der Waals surface area contributed by atoms with E-state index in [9.17, 15) is 9.59 Å². The second-order valence-corrected chi connectivity index (χ2v) is 6.12. The first-order valence-electron chi connectivity index (χ1n) is 8.49. The van der Waals surface area contributed by atoms with Crippen molar-refractivity contribution in [3.63, 3.8) is 0 Å². The van der Waals surface area contributed by atoms with Crippen LogP contribution >= 0.6 is 0 Å². The van der Waals surface area contributed by atoms with Crippen molar-refractivity contribution < 1.29 is 14.0 Å². The first-order valence-corrected chi connectivity index (χ1v) is 8.49. The highest BCUT2D eigenvalue weighted by atomic mass is 16.3. The molecule has 0 aliphatic carbocycles. The highest BCUT2D eigenvalue weighted by molar-refractivity contribution is 6.05. The molecule has 0 saturated heterocycles. The number of hydrogen-bond acceptors (Lipinski definition) is 4. The molecular formula is C22H16N2O3. The summed E-state index contributed by atoms with van der Waals surface area (Å²) in [4.78, 5) is 28.5. The van der Waals surface area contributed by atoms with Crippen molar-refractivity contribution in [1.29, 1.82) is 0 Å². The van der Waals surface area contributed by atoms with Gasteiger partial charge in [0.15, 0.2) is 0 Å². The highest BCUT2D eigenvalue weighted by Crippen LogP contribution is 2.25. The van der Waals surface area contributed by atoms with Gasteiger partial charge in [-0.1, -0.05) is 54.6 Å². The van der Waals surface area contributed by atoms with Gasteiger partial charge in [-0.3, -0.25) is 14.9 Å². The van der Waals surface area contributed by atoms with Gasteiger partial charge in [-0.25, -0.2) is 4.99 Å². The van der Waals surface area contributed by atoms with Crippen molar-refractivity contribution >= 4 is 39.2 Å². The average molecular weight is 356 g/mol. The molecule has 0 atom stereocenters. The van der Waals surface area contributed by atoms with Crippen LogP contribution in [-0.2, 0) is 4.79 Å². The Morgan fingerprint density at radius 2 is 1.59 bits per heavy atom. The molecule has 2 amide bonds. The lowest BCUT2D eigenvalue weighted by molar-refractivity contribution is -0.118. The zero-order valence-corrected chi connectivity index (χ0v) is 14.6. The minimum absolute atomic E-state index is 0.156. The minimum atomic E-state index is -0.545. The molecule has 132 valence electrons. The Hall–Kier alpha value is -3.73. The van der Waals surface area contributed by atoms with Crippen LogP contribution in [0.2, 0.25) is 0 Å². The van der Waals surface area contributed by atoms with Gasteiger partial charge in [-0.15, -0.1) is 0 Å². The fraction of sp³-hybridized carbons (Fsp3) is 0.0455. The average Bonchev–Trinajstić information content (AvgIpc) is 2.67. The molecule has 1 heterocycles. The molecule has 0 fully saturated rings. The number of fused-ring (bicyclic) bond motifs is 2. The van der Waals surface area contributed by atoms with Gasteiger partial charge in [-0.05, 0) is 23.6 Å². The molecule has 0 saturated carbocycles. The zero-order chi connectivity index (χ0) is 18.8. The van der Waals surface area contributed by atoms with Crippen molar-refractivity contribution in [3.8, 4) is 0 Å². The molecule has 5 nitrogen and oxygen atoms in total. The van der Waals surface area contributed by atoms with E-state index in [4.69, 9.17) is 4.42 Å². The van der Waals surface area contributed by atoms with Crippen molar-refractivity contribution in [3.05, 3.63) is 83.9 Å². The second kappa shape index (κ2) is 6.88. The number of nitrogens with zero attached hydrogens (tertiary/aromatic N) is 1. The minimum Gasteiger partial charge on any atom is -0.438 e. The molecule has 0 aliphatic rings. The summed E-state index contributed by atoms with van der Waals surface area (Å²) in [5.41, 5.74) is 1.65. The molecule has 4 rings (SSSR count). The van der Waals surface area contributed by atoms with Gasteiger partial charge in [0.25, 0.3) is 5.91 Å². The third kappa shape index (κ3) is 3.35. The lowest BCUT2D eigenvalue weighted by Gasteiger charge is -2.06. The number of nitrogens with one attached hydrogen (secondary N) is 1. The van der Waals surface area contributed by atoms with Crippen LogP contribution in [0.5, 0.6) is 0 Å². The monoisotopic (exact) mass is 356 g/mol. The van der Waals surface area contributed by atoms with E-state index in [1.54, 1.807) is 6.07 Å². The summed E-state index contributed by atoms with van der Waals surface area (Å²) in [6.07, 6.45) is 0. The molecular weight excluding hydrogens is 340 g/mol. The summed E-state index contributed by atoms with van der Waals surface area (Å²) in [6, 6.07) is 22.6. The van der Waals surface area contributed by atoms with Gasteiger partial charge in [0.1, 0.15) is 11.1 Å². The fourth-order valence-corrected chi connectivity index (χ4v) is 2.96. The third-order valence-electron chi connectivity index (χ3n) is 4.18. The maximum atomic E-state index is 12.5. The molecule has 0 spiro atoms. The number of carbonyl (C=O) groups is 2. The Morgan fingerprint density at radius 1 is 0.889 bits per heavy atom. The van der Waals surface area contributed by atoms with Crippen LogP contribution < -0.4 is 10.9 Å². The number of para-hydroxylation sites is 1. The molecule has 1 N–H and O–H groups in total. The number of amides is 2. The SMILES string of the molecule is CC(=O)NC(=O)c1cc2ccccc2oc1=Nc1cccc2ccccc12. The molecule has 5 heteroatoms. The predicted molar refractivity (Wildman–Crippen MR) is 104 cm³/mol. The first-order chi connectivity index (χ1) is 13.1. The van der Waals surface area contributed by atoms with Crippen LogP contribution in [-0.4, -0.2) is 11.8 Å². The van der Waals surface area contributed by atoms with E-state index in [2.05, 4.69) is 10.3 Å². The molecule has 0 radical (unpaired) electrons. The number of imide groups is 1. The smallest absolute Gasteiger partial charge is 0.263 e. The highest BCUT2D eigenvalue weighted by Gasteiger charge is 2.14. The van der Waals surface area contributed by atoms with Crippen molar-refractivity contribution in [1.82, 2.24) is 5.32 Å². The quantitative estimate of drug-likeness (QED) is 0.588. The molecule has 0 bridgehead atoms. The van der Waals surface area contributed by atoms with E-state index < -0.39 is 11.8 Å². The Labute approximate surface area is 155 Å². The molecule has 27 heavy (non-hydrogen) atoms. The van der Waals surface area contributed by atoms with Crippen LogP contribution in [0.15, 0.2) is 82.2 Å². The Kier molecular flexibility index (Phi) is 4.26. The van der Waals surface area contributed by atoms with Crippen molar-refractivity contribution in [2.24, 2.45) is 4.99 Å². The standard InChI is InChI=1S/C22H16N2O3/c1-14(25)23-21(26)18-13-16-8-3-5-12-20(16)27-22(18)24-19-11-6-9-15-7-2-4-10-17(15)19/h2-13H,1H3,(H,23,25,26). The number of hydrogen-bond donors (Lipinski definition) is 1. The fourth-order valence-electron chi connectivity index (χ4n) is 2.96. The van der Waals surface area contributed by atoms with Crippen LogP contribution in [0.4, 0.5) is 5.69 Å². The van der Waals surface area contributed by atoms with Gasteiger partial charge in [-0.2, -0.15) is 0 Å². The summed E-state index contributed by atoms with van der Waals surface area (Å²) in [5.74, 6) is -0.986. The van der Waals surface area contributed by atoms with Crippen LogP contribution in [0.25, 0.3) is 21.7 Å². The van der Waals surface area contributed by atoms with Gasteiger partial charge in [0.2, 0.25) is 11.5 Å². The largest absolute Gasteiger partial charge is 0.438 e. The van der Waals surface area contributed by atoms with Crippen molar-refractivity contribution in [2.75, 3.05) is 0 Å². The van der Waals surface area contributed by atoms with E-state index >= 15 is 0 Å². The second-order valence-electron chi connectivity index (χ2n) is 6.12. The first kappa shape index (κ1) is 16.7. The lowest BCUT2D eigenvalue weighted by atomic mass is 10.1. The van der Waals surface area contributed by atoms with Crippen LogP contribution in [0, 0.1) is 0 Å². The normalized spacial score (nSPS) is 11.7. The number of benzene rings is 3. The van der Waals surface area contributed by atoms with E-state index in [1.165, 1.54) is 6.92 Å². The van der Waals surface area contributed by atoms with Gasteiger partial charge >= 0.3 is 0 Å². The van der Waals surface area contributed by atoms with E-state index in [0.29, 0.717) is 11.3 Å². The maximum absolute atomic E-state index is 12.5. The van der Waals surface area contributed by atoms with Crippen LogP contribution in [0.3, 0.4) is 0 Å². The lowest BCUT2D eigenvalue weighted by Crippen LogP contribution is -2.32. The summed E-state index contributed by atoms with van der Waals surface area (Å²) in [5, 5.41) is 5.02. The van der Waals surface area contributed by atoms with Gasteiger partial charge < -0.3 is 4.42 Å². The zero-order valence-electron chi connectivity index (χ0n) is 14.6. The number of carbonyl (C=O) groups excluding carboxylic acids is 2. The summed E-state index contributed by atoms with van der Waals surface area (Å²) < 4.78 is 5.91. The molecule has 0 unspecified atom stereocenters. The summed E-state index contributed by atoms with van der Waals surface area (Å²) in [6.45, 7) is 1.29. The van der Waals surface area contributed by atoms with Crippen molar-refractivity contribution in [2.45, 2.75) is 6.92 Å². The maximum Gasteiger partial charge on any atom is 0.263 e. The van der Waals surface area contributed by atoms with Gasteiger partial charge in [0.05, 0.1) is 5.69 Å². The summed E-state index contributed by atoms with van der Waals surface area (Å²) >= 11 is 0. The Bertz CT molecular complexity index is 1250. The molecule has 1 aromatic heterocycles. The Balaban J connectivity index is 2.00. The topological polar surface area (TPSA) is 71.7 Å². The third-order valence-corrected chi connectivity index (χ3v) is 4.18. The molecule has 4 aromatic rings. The molecule has 3 aromatic carbocycles.